The molecule has 5 heterocycles. The number of nitrogens with zero attached hydrogens (tertiary/aromatic N) is 5. The Bertz CT molecular complexity index is 1080. The maximum absolute atomic E-state index is 8.94. The van der Waals surface area contributed by atoms with Gasteiger partial charge in [-0.3, -0.25) is 10.00 Å². The number of nitriles is 1. The van der Waals surface area contributed by atoms with Crippen LogP contribution in [-0.4, -0.2) is 49.7 Å². The minimum Gasteiger partial charge on any atom is -0.351 e. The lowest BCUT2D eigenvalue weighted by Crippen LogP contribution is -2.47. The number of hydrogen-bond donors (Lipinski definition) is 3. The summed E-state index contributed by atoms with van der Waals surface area (Å²) in [6.07, 6.45) is 5.22. The van der Waals surface area contributed by atoms with E-state index in [0.717, 1.165) is 52.5 Å². The van der Waals surface area contributed by atoms with E-state index in [1.165, 1.54) is 12.8 Å². The van der Waals surface area contributed by atoms with E-state index in [0.29, 0.717) is 30.5 Å². The second-order valence-corrected chi connectivity index (χ2v) is 9.28. The molecule has 5 rings (SSSR count). The molecular weight excluding hydrogens is 396 g/mol. The number of H-pyrrole nitrogens is 1. The fourth-order valence-electron chi connectivity index (χ4n) is 4.90. The summed E-state index contributed by atoms with van der Waals surface area (Å²) in [5, 5.41) is 25.3. The maximum Gasteiger partial charge on any atom is 0.225 e. The van der Waals surface area contributed by atoms with Crippen LogP contribution in [-0.2, 0) is 0 Å². The Hall–Kier alpha value is -2.70. The molecule has 30 heavy (non-hydrogen) atoms. The Morgan fingerprint density at radius 3 is 2.77 bits per heavy atom. The number of hydrogen-bond acceptors (Lipinski definition) is 8. The van der Waals surface area contributed by atoms with Crippen LogP contribution in [0.2, 0.25) is 0 Å². The highest BCUT2D eigenvalue weighted by Gasteiger charge is 2.40. The van der Waals surface area contributed by atoms with Crippen molar-refractivity contribution in [2.24, 2.45) is 0 Å². The van der Waals surface area contributed by atoms with E-state index in [9.17, 15) is 0 Å². The predicted octanol–water partition coefficient (Wildman–Crippen LogP) is 4.10. The lowest BCUT2D eigenvalue weighted by molar-refractivity contribution is 0.135. The van der Waals surface area contributed by atoms with Gasteiger partial charge in [-0.25, -0.2) is 4.98 Å². The third-order valence-corrected chi connectivity index (χ3v) is 7.34. The molecule has 3 N–H and O–H groups in total. The van der Waals surface area contributed by atoms with Crippen molar-refractivity contribution in [1.82, 2.24) is 25.1 Å². The summed E-state index contributed by atoms with van der Waals surface area (Å²) in [6.45, 7) is 4.96. The van der Waals surface area contributed by atoms with Crippen molar-refractivity contribution in [3.63, 3.8) is 0 Å². The van der Waals surface area contributed by atoms with Crippen LogP contribution < -0.4 is 10.6 Å². The topological polar surface area (TPSA) is 106 Å². The normalized spacial score (nSPS) is 23.6. The average molecular weight is 423 g/mol. The third kappa shape index (κ3) is 3.61. The SMILES string of the molecule is Cc1cc(Nc2nc(NC3C[C@H]4CC[C@@H](C3)N4CCC#N)nc3c(C)csc23)n[nH]1. The lowest BCUT2D eigenvalue weighted by Gasteiger charge is -2.38. The molecule has 2 aliphatic rings. The van der Waals surface area contributed by atoms with Gasteiger partial charge >= 0.3 is 0 Å². The first-order valence-electron chi connectivity index (χ1n) is 10.5. The first-order valence-corrected chi connectivity index (χ1v) is 11.4. The largest absolute Gasteiger partial charge is 0.351 e. The molecule has 0 radical (unpaired) electrons. The lowest BCUT2D eigenvalue weighted by atomic mass is 9.97. The van der Waals surface area contributed by atoms with Crippen molar-refractivity contribution < 1.29 is 0 Å². The van der Waals surface area contributed by atoms with Crippen molar-refractivity contribution in [2.45, 2.75) is 64.1 Å². The monoisotopic (exact) mass is 422 g/mol. The van der Waals surface area contributed by atoms with Crippen LogP contribution in [0.25, 0.3) is 10.2 Å². The quantitative estimate of drug-likeness (QED) is 0.549. The van der Waals surface area contributed by atoms with Crippen LogP contribution >= 0.6 is 11.3 Å². The van der Waals surface area contributed by atoms with Gasteiger partial charge in [0.25, 0.3) is 0 Å². The van der Waals surface area contributed by atoms with Gasteiger partial charge in [-0.15, -0.1) is 11.3 Å². The molecule has 0 aliphatic carbocycles. The summed E-state index contributed by atoms with van der Waals surface area (Å²) < 4.78 is 1.05. The summed E-state index contributed by atoms with van der Waals surface area (Å²) in [5.41, 5.74) is 3.15. The van der Waals surface area contributed by atoms with Gasteiger partial charge in [0.2, 0.25) is 5.95 Å². The summed E-state index contributed by atoms with van der Waals surface area (Å²) in [4.78, 5) is 12.2. The fourth-order valence-corrected chi connectivity index (χ4v) is 5.84. The molecule has 0 aromatic carbocycles. The molecule has 0 spiro atoms. The van der Waals surface area contributed by atoms with Crippen molar-refractivity contribution in [2.75, 3.05) is 17.2 Å². The summed E-state index contributed by atoms with van der Waals surface area (Å²) >= 11 is 1.65. The van der Waals surface area contributed by atoms with Gasteiger partial charge in [-0.2, -0.15) is 15.3 Å². The van der Waals surface area contributed by atoms with Gasteiger partial charge in [-0.1, -0.05) is 0 Å². The standard InChI is InChI=1S/C21H26N8S/c1-12-11-30-19-18(12)25-21(26-20(19)24-17-8-13(2)27-28-17)23-14-9-15-4-5-16(10-14)29(15)7-3-6-22/h8,11,14-16H,3-5,7,9-10H2,1-2H3,(H3,23,24,25,26,27,28)/t14?,15-,16+. The van der Waals surface area contributed by atoms with Crippen molar-refractivity contribution >= 4 is 39.1 Å². The third-order valence-electron chi connectivity index (χ3n) is 6.24. The van der Waals surface area contributed by atoms with Crippen LogP contribution in [0.3, 0.4) is 0 Å². The second kappa shape index (κ2) is 7.85. The van der Waals surface area contributed by atoms with E-state index in [1.54, 1.807) is 11.3 Å². The summed E-state index contributed by atoms with van der Waals surface area (Å²) in [7, 11) is 0. The van der Waals surface area contributed by atoms with E-state index in [4.69, 9.17) is 15.2 Å². The highest BCUT2D eigenvalue weighted by atomic mass is 32.1. The molecule has 3 aromatic rings. The van der Waals surface area contributed by atoms with E-state index in [2.05, 4.69) is 44.1 Å². The van der Waals surface area contributed by atoms with E-state index >= 15 is 0 Å². The zero-order chi connectivity index (χ0) is 20.7. The Labute approximate surface area is 179 Å². The fraction of sp³-hybridized carbons (Fsp3) is 0.524. The van der Waals surface area contributed by atoms with Gasteiger partial charge in [0.15, 0.2) is 11.6 Å². The van der Waals surface area contributed by atoms with Crippen LogP contribution in [0.5, 0.6) is 0 Å². The molecule has 156 valence electrons. The molecule has 2 saturated heterocycles. The van der Waals surface area contributed by atoms with Crippen molar-refractivity contribution in [1.29, 1.82) is 5.26 Å². The predicted molar refractivity (Wildman–Crippen MR) is 119 cm³/mol. The van der Waals surface area contributed by atoms with Gasteiger partial charge in [0.1, 0.15) is 0 Å². The molecule has 2 fully saturated rings. The van der Waals surface area contributed by atoms with E-state index < -0.39 is 0 Å². The van der Waals surface area contributed by atoms with Crippen LogP contribution in [0.15, 0.2) is 11.4 Å². The van der Waals surface area contributed by atoms with Crippen LogP contribution in [0.1, 0.15) is 43.4 Å². The van der Waals surface area contributed by atoms with Crippen molar-refractivity contribution in [3.8, 4) is 6.07 Å². The highest BCUT2D eigenvalue weighted by Crippen LogP contribution is 2.37. The van der Waals surface area contributed by atoms with Gasteiger partial charge in [0.05, 0.1) is 16.3 Å². The number of anilines is 3. The summed E-state index contributed by atoms with van der Waals surface area (Å²) in [5.74, 6) is 2.23. The Balaban J connectivity index is 1.37. The molecule has 2 aliphatic heterocycles. The molecular formula is C21H26N8S. The smallest absolute Gasteiger partial charge is 0.225 e. The first-order chi connectivity index (χ1) is 14.6. The molecule has 0 amide bonds. The van der Waals surface area contributed by atoms with Crippen LogP contribution in [0.4, 0.5) is 17.6 Å². The Morgan fingerprint density at radius 2 is 2.07 bits per heavy atom. The van der Waals surface area contributed by atoms with Gasteiger partial charge in [0, 0.05) is 42.9 Å². The average Bonchev–Trinajstić information content (AvgIpc) is 3.37. The zero-order valence-electron chi connectivity index (χ0n) is 17.3. The maximum atomic E-state index is 8.94. The number of fused-ring (bicyclic) bond motifs is 3. The number of rotatable bonds is 6. The molecule has 3 aromatic heterocycles. The first kappa shape index (κ1) is 19.3. The van der Waals surface area contributed by atoms with Crippen molar-refractivity contribution in [3.05, 3.63) is 22.7 Å². The number of aromatic amines is 1. The second-order valence-electron chi connectivity index (χ2n) is 8.40. The van der Waals surface area contributed by atoms with E-state index in [-0.39, 0.29) is 0 Å². The Kier molecular flexibility index (Phi) is 5.05. The number of piperidine rings is 1. The number of thiophene rings is 1. The molecule has 3 atom stereocenters. The molecule has 0 saturated carbocycles. The van der Waals surface area contributed by atoms with E-state index in [1.807, 2.05) is 13.0 Å². The molecule has 9 heteroatoms. The number of aryl methyl sites for hydroxylation is 2. The highest BCUT2D eigenvalue weighted by molar-refractivity contribution is 7.18. The molecule has 1 unspecified atom stereocenters. The Morgan fingerprint density at radius 1 is 1.27 bits per heavy atom. The minimum atomic E-state index is 0.359. The minimum absolute atomic E-state index is 0.359. The van der Waals surface area contributed by atoms with Gasteiger partial charge in [-0.05, 0) is 50.5 Å². The molecule has 2 bridgehead atoms. The van der Waals surface area contributed by atoms with Crippen LogP contribution in [0, 0.1) is 25.2 Å². The van der Waals surface area contributed by atoms with Gasteiger partial charge < -0.3 is 10.6 Å². The molecule has 8 nitrogen and oxygen atoms in total. The summed E-state index contributed by atoms with van der Waals surface area (Å²) in [6, 6.07) is 5.74. The number of aromatic nitrogens is 4. The number of nitrogens with one attached hydrogen (secondary N) is 3. The zero-order valence-corrected chi connectivity index (χ0v) is 18.1.